The number of hydrogen-bond acceptors (Lipinski definition) is 8. The summed E-state index contributed by atoms with van der Waals surface area (Å²) in [6, 6.07) is 6.40. The fourth-order valence-corrected chi connectivity index (χ4v) is 3.01. The van der Waals surface area contributed by atoms with Gasteiger partial charge in [-0.05, 0) is 47.5 Å². The Labute approximate surface area is 197 Å². The minimum Gasteiger partial charge on any atom is -0.505 e. The molecule has 0 heterocycles. The highest BCUT2D eigenvalue weighted by molar-refractivity contribution is 6.05. The summed E-state index contributed by atoms with van der Waals surface area (Å²) in [5.41, 5.74) is 1.03. The minimum atomic E-state index is -1.33. The molecular weight excluding hydrogens is 447 g/mol. The van der Waals surface area contributed by atoms with Crippen LogP contribution in [0.25, 0.3) is 12.2 Å². The van der Waals surface area contributed by atoms with Crippen molar-refractivity contribution in [3.8, 4) is 34.5 Å². The first-order chi connectivity index (χ1) is 16.3. The van der Waals surface area contributed by atoms with Crippen LogP contribution in [0.1, 0.15) is 11.1 Å². The second-order valence-corrected chi connectivity index (χ2v) is 6.65. The number of halogens is 1. The summed E-state index contributed by atoms with van der Waals surface area (Å²) in [6.07, 6.45) is 4.80. The van der Waals surface area contributed by atoms with Gasteiger partial charge < -0.3 is 33.5 Å². The molecular formula is C25H27FO8. The Kier molecular flexibility index (Phi) is 9.37. The zero-order valence-corrected chi connectivity index (χ0v) is 19.8. The normalized spacial score (nSPS) is 11.9. The van der Waals surface area contributed by atoms with E-state index in [2.05, 4.69) is 0 Å². The van der Waals surface area contributed by atoms with Crippen molar-refractivity contribution in [2.75, 3.05) is 42.7 Å². The molecule has 182 valence electrons. The van der Waals surface area contributed by atoms with Gasteiger partial charge in [-0.3, -0.25) is 4.79 Å². The van der Waals surface area contributed by atoms with Gasteiger partial charge in [0.2, 0.25) is 23.1 Å². The lowest BCUT2D eigenvalue weighted by molar-refractivity contribution is -0.112. The summed E-state index contributed by atoms with van der Waals surface area (Å²) >= 11 is 0. The first-order valence-corrected chi connectivity index (χ1v) is 9.92. The Morgan fingerprint density at radius 1 is 0.676 bits per heavy atom. The molecule has 0 aliphatic rings. The zero-order valence-electron chi connectivity index (χ0n) is 19.8. The van der Waals surface area contributed by atoms with Gasteiger partial charge in [0, 0.05) is 0 Å². The molecule has 2 rings (SSSR count). The van der Waals surface area contributed by atoms with E-state index in [1.807, 2.05) is 0 Å². The molecule has 0 radical (unpaired) electrons. The summed E-state index contributed by atoms with van der Waals surface area (Å²) < 4.78 is 46.0. The fraction of sp³-hybridized carbons (Fsp3) is 0.240. The van der Waals surface area contributed by atoms with Crippen LogP contribution >= 0.6 is 0 Å². The van der Waals surface area contributed by atoms with E-state index in [0.29, 0.717) is 45.6 Å². The Morgan fingerprint density at radius 2 is 1.03 bits per heavy atom. The van der Waals surface area contributed by atoms with Crippen molar-refractivity contribution in [3.05, 3.63) is 59.1 Å². The number of ether oxygens (including phenoxy) is 6. The number of benzene rings is 2. The lowest BCUT2D eigenvalue weighted by Crippen LogP contribution is -1.98. The quantitative estimate of drug-likeness (QED) is 0.283. The average Bonchev–Trinajstić information content (AvgIpc) is 2.87. The number of rotatable bonds is 11. The zero-order chi connectivity index (χ0) is 25.3. The van der Waals surface area contributed by atoms with Gasteiger partial charge in [-0.1, -0.05) is 12.2 Å². The summed E-state index contributed by atoms with van der Waals surface area (Å²) in [6.45, 7) is 0. The molecule has 0 aromatic heterocycles. The van der Waals surface area contributed by atoms with Crippen molar-refractivity contribution < 1.29 is 42.7 Å². The molecule has 0 saturated carbocycles. The number of carbonyl (C=O) groups excluding carboxylic acids is 1. The first-order valence-electron chi connectivity index (χ1n) is 9.92. The van der Waals surface area contributed by atoms with Gasteiger partial charge in [0.25, 0.3) is 0 Å². The van der Waals surface area contributed by atoms with Gasteiger partial charge in [0.15, 0.2) is 28.8 Å². The van der Waals surface area contributed by atoms with Crippen LogP contribution in [0.5, 0.6) is 34.5 Å². The maximum absolute atomic E-state index is 14.5. The maximum Gasteiger partial charge on any atom is 0.218 e. The monoisotopic (exact) mass is 474 g/mol. The number of aliphatic hydroxyl groups excluding tert-OH is 1. The predicted octanol–water partition coefficient (Wildman–Crippen LogP) is 4.77. The Hall–Kier alpha value is -4.14. The van der Waals surface area contributed by atoms with Crippen LogP contribution in [-0.2, 0) is 4.79 Å². The molecule has 0 atom stereocenters. The van der Waals surface area contributed by atoms with Crippen LogP contribution in [0.4, 0.5) is 4.39 Å². The first kappa shape index (κ1) is 26.1. The van der Waals surface area contributed by atoms with Crippen LogP contribution in [0.3, 0.4) is 0 Å². The molecule has 1 N–H and O–H groups in total. The average molecular weight is 474 g/mol. The molecule has 0 bridgehead atoms. The van der Waals surface area contributed by atoms with E-state index in [1.165, 1.54) is 54.8 Å². The lowest BCUT2D eigenvalue weighted by atomic mass is 10.1. The predicted molar refractivity (Wildman–Crippen MR) is 126 cm³/mol. The number of methoxy groups -OCH3 is 6. The molecule has 0 fully saturated rings. The van der Waals surface area contributed by atoms with Crippen molar-refractivity contribution >= 4 is 17.9 Å². The fourth-order valence-electron chi connectivity index (χ4n) is 3.01. The molecule has 0 aliphatic heterocycles. The maximum atomic E-state index is 14.5. The summed E-state index contributed by atoms with van der Waals surface area (Å²) in [7, 11) is 8.76. The summed E-state index contributed by atoms with van der Waals surface area (Å²) in [5.74, 6) is -0.900. The third-order valence-corrected chi connectivity index (χ3v) is 4.68. The SMILES string of the molecule is COc1cc(/C=C/C(=O)/C(F)=C(O)/C=C/c2cc(OC)c(OC)c(OC)c2)cc(OC)c1OC. The summed E-state index contributed by atoms with van der Waals surface area (Å²) in [5, 5.41) is 10.1. The van der Waals surface area contributed by atoms with Crippen molar-refractivity contribution in [2.24, 2.45) is 0 Å². The number of aliphatic hydroxyl groups is 1. The van der Waals surface area contributed by atoms with Crippen LogP contribution in [0.15, 0.2) is 48.0 Å². The molecule has 34 heavy (non-hydrogen) atoms. The van der Waals surface area contributed by atoms with Crippen molar-refractivity contribution in [3.63, 3.8) is 0 Å². The van der Waals surface area contributed by atoms with Crippen molar-refractivity contribution in [1.29, 1.82) is 0 Å². The van der Waals surface area contributed by atoms with Crippen molar-refractivity contribution in [2.45, 2.75) is 0 Å². The second kappa shape index (κ2) is 12.2. The van der Waals surface area contributed by atoms with Gasteiger partial charge in [0.1, 0.15) is 0 Å². The molecule has 2 aromatic rings. The Morgan fingerprint density at radius 3 is 1.35 bits per heavy atom. The van der Waals surface area contributed by atoms with Gasteiger partial charge in [0.05, 0.1) is 42.7 Å². The smallest absolute Gasteiger partial charge is 0.218 e. The molecule has 9 heteroatoms. The van der Waals surface area contributed by atoms with E-state index in [-0.39, 0.29) is 0 Å². The largest absolute Gasteiger partial charge is 0.505 e. The van der Waals surface area contributed by atoms with Gasteiger partial charge >= 0.3 is 0 Å². The number of ketones is 1. The van der Waals surface area contributed by atoms with Gasteiger partial charge in [-0.2, -0.15) is 4.39 Å². The number of allylic oxidation sites excluding steroid dienone is 3. The topological polar surface area (TPSA) is 92.7 Å². The van der Waals surface area contributed by atoms with Crippen molar-refractivity contribution in [1.82, 2.24) is 0 Å². The third kappa shape index (κ3) is 6.00. The summed E-state index contributed by atoms with van der Waals surface area (Å²) in [4.78, 5) is 12.2. The van der Waals surface area contributed by atoms with E-state index in [1.54, 1.807) is 24.3 Å². The van der Waals surface area contributed by atoms with Crippen LogP contribution < -0.4 is 28.4 Å². The Bertz CT molecular complexity index is 1070. The molecule has 2 aromatic carbocycles. The molecule has 0 amide bonds. The number of carbonyl (C=O) groups is 1. The third-order valence-electron chi connectivity index (χ3n) is 4.68. The molecule has 8 nitrogen and oxygen atoms in total. The molecule has 0 unspecified atom stereocenters. The highest BCUT2D eigenvalue weighted by Gasteiger charge is 2.15. The lowest BCUT2D eigenvalue weighted by Gasteiger charge is -2.12. The second-order valence-electron chi connectivity index (χ2n) is 6.65. The Balaban J connectivity index is 2.28. The highest BCUT2D eigenvalue weighted by Crippen LogP contribution is 2.39. The minimum absolute atomic E-state index is 0.376. The van der Waals surface area contributed by atoms with Gasteiger partial charge in [-0.25, -0.2) is 0 Å². The van der Waals surface area contributed by atoms with E-state index in [0.717, 1.165) is 12.2 Å². The van der Waals surface area contributed by atoms with E-state index < -0.39 is 17.4 Å². The van der Waals surface area contributed by atoms with E-state index >= 15 is 0 Å². The van der Waals surface area contributed by atoms with Gasteiger partial charge in [-0.15, -0.1) is 0 Å². The molecule has 0 saturated heterocycles. The molecule has 0 spiro atoms. The molecule has 0 aliphatic carbocycles. The van der Waals surface area contributed by atoms with E-state index in [4.69, 9.17) is 28.4 Å². The highest BCUT2D eigenvalue weighted by atomic mass is 19.1. The van der Waals surface area contributed by atoms with Crippen LogP contribution in [-0.4, -0.2) is 53.5 Å². The standard InChI is InChI=1S/C25H27FO8/c1-29-19-11-15(12-20(30-2)24(19)33-5)7-9-17(27)23(26)18(28)10-8-16-13-21(31-3)25(34-6)22(14-16)32-4/h7-14,27H,1-6H3/b9-7+,10-8+,23-17+. The van der Waals surface area contributed by atoms with E-state index in [9.17, 15) is 14.3 Å². The van der Waals surface area contributed by atoms with Crippen LogP contribution in [0, 0.1) is 0 Å². The van der Waals surface area contributed by atoms with Crippen LogP contribution in [0.2, 0.25) is 0 Å². The number of hydrogen-bond donors (Lipinski definition) is 1.